The molecule has 1 heterocycles. The highest BCUT2D eigenvalue weighted by molar-refractivity contribution is 6.01. The zero-order valence-corrected chi connectivity index (χ0v) is 12.0. The van der Waals surface area contributed by atoms with Crippen LogP contribution in [0, 0.1) is 0 Å². The molecule has 1 aliphatic heterocycles. The Labute approximate surface area is 118 Å². The number of carboxylic acids is 1. The van der Waals surface area contributed by atoms with Crippen LogP contribution in [0.3, 0.4) is 0 Å². The van der Waals surface area contributed by atoms with Crippen molar-refractivity contribution in [3.05, 3.63) is 29.8 Å². The van der Waals surface area contributed by atoms with Gasteiger partial charge in [-0.15, -0.1) is 0 Å². The molecule has 1 aromatic carbocycles. The predicted octanol–water partition coefficient (Wildman–Crippen LogP) is 2.35. The molecule has 1 N–H and O–H groups in total. The third kappa shape index (κ3) is 2.35. The standard InChI is InChI=1S/C15H20N2O3/c1-4-16(10(2)3)15(20)17-12-8-6-5-7-11(12)9-13(17)14(18)19/h5-8,10,13H,4,9H2,1-3H3,(H,18,19)/t13-/m0/s1. The van der Waals surface area contributed by atoms with E-state index in [0.29, 0.717) is 18.7 Å². The minimum atomic E-state index is -0.964. The second kappa shape index (κ2) is 5.53. The van der Waals surface area contributed by atoms with Gasteiger partial charge in [-0.25, -0.2) is 9.59 Å². The van der Waals surface area contributed by atoms with E-state index in [0.717, 1.165) is 5.56 Å². The molecule has 0 fully saturated rings. The molecule has 1 atom stereocenters. The van der Waals surface area contributed by atoms with Gasteiger partial charge in [-0.3, -0.25) is 4.90 Å². The van der Waals surface area contributed by atoms with Crippen LogP contribution in [0.5, 0.6) is 0 Å². The van der Waals surface area contributed by atoms with Gasteiger partial charge in [0.1, 0.15) is 6.04 Å². The van der Waals surface area contributed by atoms with Crippen molar-refractivity contribution in [2.45, 2.75) is 39.3 Å². The van der Waals surface area contributed by atoms with E-state index in [-0.39, 0.29) is 12.1 Å². The molecule has 1 aromatic rings. The fourth-order valence-corrected chi connectivity index (χ4v) is 2.68. The largest absolute Gasteiger partial charge is 0.480 e. The first-order valence-electron chi connectivity index (χ1n) is 6.87. The number of nitrogens with zero attached hydrogens (tertiary/aromatic N) is 2. The number of carboxylic acid groups (broad SMARTS) is 1. The van der Waals surface area contributed by atoms with E-state index < -0.39 is 12.0 Å². The number of hydrogen-bond acceptors (Lipinski definition) is 2. The van der Waals surface area contributed by atoms with Crippen molar-refractivity contribution in [2.75, 3.05) is 11.4 Å². The number of carbonyl (C=O) groups excluding carboxylic acids is 1. The van der Waals surface area contributed by atoms with Crippen LogP contribution in [0.2, 0.25) is 0 Å². The number of rotatable bonds is 3. The number of fused-ring (bicyclic) bond motifs is 1. The van der Waals surface area contributed by atoms with Gasteiger partial charge in [0, 0.05) is 24.7 Å². The van der Waals surface area contributed by atoms with Crippen molar-refractivity contribution in [1.82, 2.24) is 4.90 Å². The van der Waals surface area contributed by atoms with Gasteiger partial charge in [-0.2, -0.15) is 0 Å². The third-order valence-electron chi connectivity index (χ3n) is 3.68. The average molecular weight is 276 g/mol. The maximum Gasteiger partial charge on any atom is 0.327 e. The Hall–Kier alpha value is -2.04. The highest BCUT2D eigenvalue weighted by Gasteiger charge is 2.40. The summed E-state index contributed by atoms with van der Waals surface area (Å²) in [5.74, 6) is -0.964. The molecule has 0 radical (unpaired) electrons. The van der Waals surface area contributed by atoms with Gasteiger partial charge in [0.2, 0.25) is 0 Å². The highest BCUT2D eigenvalue weighted by Crippen LogP contribution is 2.33. The fraction of sp³-hybridized carbons (Fsp3) is 0.467. The zero-order chi connectivity index (χ0) is 14.9. The topological polar surface area (TPSA) is 60.9 Å². The first-order chi connectivity index (χ1) is 9.47. The zero-order valence-electron chi connectivity index (χ0n) is 12.0. The van der Waals surface area contributed by atoms with Crippen LogP contribution >= 0.6 is 0 Å². The van der Waals surface area contributed by atoms with Gasteiger partial charge >= 0.3 is 12.0 Å². The van der Waals surface area contributed by atoms with Crippen LogP contribution in [0.15, 0.2) is 24.3 Å². The Balaban J connectivity index is 2.40. The molecule has 20 heavy (non-hydrogen) atoms. The molecule has 0 saturated carbocycles. The first kappa shape index (κ1) is 14.4. The van der Waals surface area contributed by atoms with E-state index in [1.54, 1.807) is 4.90 Å². The normalized spacial score (nSPS) is 17.2. The van der Waals surface area contributed by atoms with Crippen molar-refractivity contribution in [3.8, 4) is 0 Å². The van der Waals surface area contributed by atoms with E-state index in [4.69, 9.17) is 0 Å². The number of hydrogen-bond donors (Lipinski definition) is 1. The molecular weight excluding hydrogens is 256 g/mol. The van der Waals surface area contributed by atoms with Crippen molar-refractivity contribution in [1.29, 1.82) is 0 Å². The fourth-order valence-electron chi connectivity index (χ4n) is 2.68. The monoisotopic (exact) mass is 276 g/mol. The van der Waals surface area contributed by atoms with Crippen molar-refractivity contribution in [2.24, 2.45) is 0 Å². The van der Waals surface area contributed by atoms with Gasteiger partial charge in [0.25, 0.3) is 0 Å². The number of urea groups is 1. The van der Waals surface area contributed by atoms with Gasteiger partial charge in [-0.05, 0) is 32.4 Å². The van der Waals surface area contributed by atoms with E-state index in [9.17, 15) is 14.7 Å². The maximum atomic E-state index is 12.7. The Kier molecular flexibility index (Phi) is 3.97. The summed E-state index contributed by atoms with van der Waals surface area (Å²) in [6.45, 7) is 6.31. The van der Waals surface area contributed by atoms with Crippen molar-refractivity contribution >= 4 is 17.7 Å². The summed E-state index contributed by atoms with van der Waals surface area (Å²) in [5, 5.41) is 9.39. The van der Waals surface area contributed by atoms with Crippen molar-refractivity contribution < 1.29 is 14.7 Å². The molecule has 5 nitrogen and oxygen atoms in total. The van der Waals surface area contributed by atoms with Gasteiger partial charge in [0.05, 0.1) is 0 Å². The minimum absolute atomic E-state index is 0.0368. The van der Waals surface area contributed by atoms with E-state index in [1.807, 2.05) is 45.0 Å². The first-order valence-corrected chi connectivity index (χ1v) is 6.87. The van der Waals surface area contributed by atoms with Crippen LogP contribution in [0.1, 0.15) is 26.3 Å². The summed E-state index contributed by atoms with van der Waals surface area (Å²) in [4.78, 5) is 27.2. The smallest absolute Gasteiger partial charge is 0.327 e. The van der Waals surface area contributed by atoms with Crippen LogP contribution < -0.4 is 4.90 Å². The average Bonchev–Trinajstić information content (AvgIpc) is 2.78. The molecule has 0 spiro atoms. The second-order valence-electron chi connectivity index (χ2n) is 5.22. The number of amides is 2. The lowest BCUT2D eigenvalue weighted by Crippen LogP contribution is -2.51. The third-order valence-corrected chi connectivity index (χ3v) is 3.68. The Morgan fingerprint density at radius 3 is 2.60 bits per heavy atom. The summed E-state index contributed by atoms with van der Waals surface area (Å²) >= 11 is 0. The van der Waals surface area contributed by atoms with Crippen LogP contribution in [-0.2, 0) is 11.2 Å². The number of aliphatic carboxylic acids is 1. The number of benzene rings is 1. The van der Waals surface area contributed by atoms with Gasteiger partial charge < -0.3 is 10.0 Å². The van der Waals surface area contributed by atoms with Crippen molar-refractivity contribution in [3.63, 3.8) is 0 Å². The quantitative estimate of drug-likeness (QED) is 0.921. The second-order valence-corrected chi connectivity index (χ2v) is 5.22. The molecule has 0 unspecified atom stereocenters. The molecule has 5 heteroatoms. The number of anilines is 1. The molecule has 0 aromatic heterocycles. The van der Waals surface area contributed by atoms with E-state index in [2.05, 4.69) is 0 Å². The Morgan fingerprint density at radius 1 is 1.40 bits per heavy atom. The Bertz CT molecular complexity index is 528. The lowest BCUT2D eigenvalue weighted by molar-refractivity contribution is -0.138. The molecule has 0 aliphatic carbocycles. The molecule has 1 aliphatic rings. The summed E-state index contributed by atoms with van der Waals surface area (Å²) in [6.07, 6.45) is 0.368. The minimum Gasteiger partial charge on any atom is -0.480 e. The molecule has 108 valence electrons. The molecule has 0 saturated heterocycles. The van der Waals surface area contributed by atoms with Crippen LogP contribution in [-0.4, -0.2) is 40.6 Å². The summed E-state index contributed by atoms with van der Waals surface area (Å²) in [7, 11) is 0. The number of para-hydroxylation sites is 1. The van der Waals surface area contributed by atoms with E-state index >= 15 is 0 Å². The molecule has 2 rings (SSSR count). The maximum absolute atomic E-state index is 12.7. The predicted molar refractivity (Wildman–Crippen MR) is 77.0 cm³/mol. The summed E-state index contributed by atoms with van der Waals surface area (Å²) < 4.78 is 0. The molecule has 0 bridgehead atoms. The molecule has 2 amide bonds. The SMILES string of the molecule is CCN(C(=O)N1c2ccccc2C[C@H]1C(=O)O)C(C)C. The summed E-state index contributed by atoms with van der Waals surface area (Å²) in [5.41, 5.74) is 1.62. The van der Waals surface area contributed by atoms with Gasteiger partial charge in [0.15, 0.2) is 0 Å². The lowest BCUT2D eigenvalue weighted by Gasteiger charge is -2.32. The Morgan fingerprint density at radius 2 is 2.05 bits per heavy atom. The molecular formula is C15H20N2O3. The van der Waals surface area contributed by atoms with E-state index in [1.165, 1.54) is 4.90 Å². The van der Waals surface area contributed by atoms with Crippen LogP contribution in [0.25, 0.3) is 0 Å². The lowest BCUT2D eigenvalue weighted by atomic mass is 10.1. The van der Waals surface area contributed by atoms with Crippen LogP contribution in [0.4, 0.5) is 10.5 Å². The number of carbonyl (C=O) groups is 2. The highest BCUT2D eigenvalue weighted by atomic mass is 16.4. The summed E-state index contributed by atoms with van der Waals surface area (Å²) in [6, 6.07) is 6.37. The van der Waals surface area contributed by atoms with Gasteiger partial charge in [-0.1, -0.05) is 18.2 Å².